The highest BCUT2D eigenvalue weighted by molar-refractivity contribution is 5.96. The van der Waals surface area contributed by atoms with Crippen molar-refractivity contribution in [3.63, 3.8) is 0 Å². The zero-order valence-electron chi connectivity index (χ0n) is 10.6. The molecule has 3 N–H and O–H groups in total. The highest BCUT2D eigenvalue weighted by Gasteiger charge is 2.11. The lowest BCUT2D eigenvalue weighted by Crippen LogP contribution is -2.11. The van der Waals surface area contributed by atoms with Crippen molar-refractivity contribution in [3.05, 3.63) is 23.8 Å². The number of carbonyl (C=O) groups excluding carboxylic acids is 1. The van der Waals surface area contributed by atoms with E-state index < -0.39 is 0 Å². The van der Waals surface area contributed by atoms with Gasteiger partial charge in [0, 0.05) is 17.9 Å². The number of hydrogen-bond donors (Lipinski definition) is 2. The van der Waals surface area contributed by atoms with Crippen LogP contribution in [0.25, 0.3) is 0 Å². The van der Waals surface area contributed by atoms with Crippen molar-refractivity contribution in [2.45, 2.75) is 20.8 Å². The van der Waals surface area contributed by atoms with Crippen LogP contribution in [-0.2, 0) is 4.74 Å². The zero-order chi connectivity index (χ0) is 12.8. The Morgan fingerprint density at radius 2 is 2.18 bits per heavy atom. The van der Waals surface area contributed by atoms with Crippen LogP contribution in [0.3, 0.4) is 0 Å². The molecule has 4 heteroatoms. The molecule has 17 heavy (non-hydrogen) atoms. The summed E-state index contributed by atoms with van der Waals surface area (Å²) in [4.78, 5) is 11.6. The first-order valence-electron chi connectivity index (χ1n) is 5.85. The third-order valence-electron chi connectivity index (χ3n) is 2.26. The van der Waals surface area contributed by atoms with Gasteiger partial charge in [-0.05, 0) is 31.0 Å². The number of benzene rings is 1. The second-order valence-electron chi connectivity index (χ2n) is 4.30. The summed E-state index contributed by atoms with van der Waals surface area (Å²) in [6.07, 6.45) is 0. The van der Waals surface area contributed by atoms with Crippen LogP contribution in [-0.4, -0.2) is 19.1 Å². The van der Waals surface area contributed by atoms with Gasteiger partial charge in [0.15, 0.2) is 0 Å². The maximum absolute atomic E-state index is 11.6. The molecule has 0 heterocycles. The normalized spacial score (nSPS) is 10.4. The van der Waals surface area contributed by atoms with Gasteiger partial charge in [-0.3, -0.25) is 0 Å². The molecule has 1 aromatic rings. The van der Waals surface area contributed by atoms with Crippen LogP contribution in [0.5, 0.6) is 0 Å². The average molecular weight is 236 g/mol. The Balaban J connectivity index is 2.82. The van der Waals surface area contributed by atoms with E-state index in [0.29, 0.717) is 23.8 Å². The molecule has 0 aliphatic rings. The first-order chi connectivity index (χ1) is 8.04. The summed E-state index contributed by atoms with van der Waals surface area (Å²) in [6.45, 7) is 7.22. The summed E-state index contributed by atoms with van der Waals surface area (Å²) in [5.74, 6) is 0.164. The van der Waals surface area contributed by atoms with Crippen molar-refractivity contribution in [2.75, 3.05) is 24.2 Å². The third-order valence-corrected chi connectivity index (χ3v) is 2.26. The van der Waals surface area contributed by atoms with E-state index in [2.05, 4.69) is 19.2 Å². The van der Waals surface area contributed by atoms with E-state index in [9.17, 15) is 4.79 Å². The maximum atomic E-state index is 11.6. The van der Waals surface area contributed by atoms with Crippen LogP contribution in [0.4, 0.5) is 11.4 Å². The van der Waals surface area contributed by atoms with Crippen LogP contribution >= 0.6 is 0 Å². The molecule has 0 radical (unpaired) electrons. The van der Waals surface area contributed by atoms with Crippen molar-refractivity contribution >= 4 is 17.3 Å². The van der Waals surface area contributed by atoms with Crippen molar-refractivity contribution in [3.8, 4) is 0 Å². The zero-order valence-corrected chi connectivity index (χ0v) is 10.6. The van der Waals surface area contributed by atoms with Gasteiger partial charge in [-0.2, -0.15) is 0 Å². The lowest BCUT2D eigenvalue weighted by molar-refractivity contribution is 0.0527. The number of hydrogen-bond acceptors (Lipinski definition) is 4. The number of esters is 1. The number of anilines is 2. The van der Waals surface area contributed by atoms with Gasteiger partial charge in [-0.25, -0.2) is 4.79 Å². The Hall–Kier alpha value is -1.71. The topological polar surface area (TPSA) is 64.3 Å². The minimum atomic E-state index is -0.377. The number of ether oxygens (including phenoxy) is 1. The molecular formula is C13H20N2O2. The van der Waals surface area contributed by atoms with E-state index in [-0.39, 0.29) is 5.97 Å². The first-order valence-corrected chi connectivity index (χ1v) is 5.85. The van der Waals surface area contributed by atoms with E-state index in [1.807, 2.05) is 6.07 Å². The number of rotatable bonds is 5. The molecule has 0 unspecified atom stereocenters. The predicted octanol–water partition coefficient (Wildman–Crippen LogP) is 2.51. The summed E-state index contributed by atoms with van der Waals surface area (Å²) in [7, 11) is 0. The summed E-state index contributed by atoms with van der Waals surface area (Å²) < 4.78 is 4.94. The van der Waals surface area contributed by atoms with Crippen LogP contribution < -0.4 is 11.1 Å². The van der Waals surface area contributed by atoms with E-state index >= 15 is 0 Å². The van der Waals surface area contributed by atoms with Gasteiger partial charge in [0.05, 0.1) is 12.2 Å². The molecule has 0 saturated carbocycles. The second-order valence-corrected chi connectivity index (χ2v) is 4.30. The number of nitrogens with two attached hydrogens (primary N) is 1. The fourth-order valence-corrected chi connectivity index (χ4v) is 1.37. The number of carbonyl (C=O) groups is 1. The Kier molecular flexibility index (Phi) is 4.82. The molecule has 1 rings (SSSR count). The summed E-state index contributed by atoms with van der Waals surface area (Å²) in [5.41, 5.74) is 7.49. The Morgan fingerprint density at radius 1 is 1.47 bits per heavy atom. The predicted molar refractivity (Wildman–Crippen MR) is 70.1 cm³/mol. The molecule has 0 aliphatic heterocycles. The second kappa shape index (κ2) is 6.13. The largest absolute Gasteiger partial charge is 0.462 e. The molecular weight excluding hydrogens is 216 g/mol. The molecule has 1 aromatic carbocycles. The molecule has 0 amide bonds. The Bertz CT molecular complexity index is 389. The van der Waals surface area contributed by atoms with Crippen LogP contribution in [0, 0.1) is 5.92 Å². The summed E-state index contributed by atoms with van der Waals surface area (Å²) >= 11 is 0. The van der Waals surface area contributed by atoms with E-state index in [4.69, 9.17) is 10.5 Å². The molecule has 94 valence electrons. The summed E-state index contributed by atoms with van der Waals surface area (Å²) in [5, 5.41) is 3.25. The van der Waals surface area contributed by atoms with Crippen LogP contribution in [0.1, 0.15) is 31.1 Å². The van der Waals surface area contributed by atoms with Gasteiger partial charge >= 0.3 is 5.97 Å². The highest BCUT2D eigenvalue weighted by atomic mass is 16.5. The smallest absolute Gasteiger partial charge is 0.340 e. The van der Waals surface area contributed by atoms with Gasteiger partial charge in [-0.1, -0.05) is 13.8 Å². The number of nitrogen functional groups attached to an aromatic ring is 1. The first kappa shape index (κ1) is 13.4. The van der Waals surface area contributed by atoms with E-state index in [0.717, 1.165) is 12.2 Å². The van der Waals surface area contributed by atoms with Crippen molar-refractivity contribution < 1.29 is 9.53 Å². The molecule has 0 spiro atoms. The Morgan fingerprint density at radius 3 is 2.76 bits per heavy atom. The minimum Gasteiger partial charge on any atom is -0.462 e. The molecule has 0 fully saturated rings. The molecule has 4 nitrogen and oxygen atoms in total. The van der Waals surface area contributed by atoms with Crippen LogP contribution in [0.2, 0.25) is 0 Å². The lowest BCUT2D eigenvalue weighted by Gasteiger charge is -2.11. The highest BCUT2D eigenvalue weighted by Crippen LogP contribution is 2.19. The molecule has 0 saturated heterocycles. The van der Waals surface area contributed by atoms with E-state index in [1.54, 1.807) is 19.1 Å². The molecule has 0 bridgehead atoms. The minimum absolute atomic E-state index is 0.349. The SMILES string of the molecule is CCOC(=O)c1cc(NCC(C)C)ccc1N. The fraction of sp³-hybridized carbons (Fsp3) is 0.462. The van der Waals surface area contributed by atoms with Gasteiger partial charge in [-0.15, -0.1) is 0 Å². The molecule has 0 aliphatic carbocycles. The molecule has 0 aromatic heterocycles. The average Bonchev–Trinajstić information content (AvgIpc) is 2.28. The Labute approximate surface area is 102 Å². The van der Waals surface area contributed by atoms with Crippen molar-refractivity contribution in [1.82, 2.24) is 0 Å². The monoisotopic (exact) mass is 236 g/mol. The fourth-order valence-electron chi connectivity index (χ4n) is 1.37. The van der Waals surface area contributed by atoms with Crippen molar-refractivity contribution in [1.29, 1.82) is 0 Å². The quantitative estimate of drug-likeness (QED) is 0.609. The summed E-state index contributed by atoms with van der Waals surface area (Å²) in [6, 6.07) is 5.31. The standard InChI is InChI=1S/C13H20N2O2/c1-4-17-13(16)11-7-10(5-6-12(11)14)15-8-9(2)3/h5-7,9,15H,4,8,14H2,1-3H3. The lowest BCUT2D eigenvalue weighted by atomic mass is 10.1. The van der Waals surface area contributed by atoms with Crippen molar-refractivity contribution in [2.24, 2.45) is 5.92 Å². The van der Waals surface area contributed by atoms with Crippen LogP contribution in [0.15, 0.2) is 18.2 Å². The molecule has 0 atom stereocenters. The van der Waals surface area contributed by atoms with Gasteiger partial charge in [0.25, 0.3) is 0 Å². The number of nitrogens with one attached hydrogen (secondary N) is 1. The van der Waals surface area contributed by atoms with Gasteiger partial charge in [0.2, 0.25) is 0 Å². The maximum Gasteiger partial charge on any atom is 0.340 e. The van der Waals surface area contributed by atoms with Gasteiger partial charge in [0.1, 0.15) is 0 Å². The van der Waals surface area contributed by atoms with Gasteiger partial charge < -0.3 is 15.8 Å². The third kappa shape index (κ3) is 3.98. The van der Waals surface area contributed by atoms with E-state index in [1.165, 1.54) is 0 Å².